The fourth-order valence-corrected chi connectivity index (χ4v) is 3.37. The molecule has 0 saturated carbocycles. The number of benzene rings is 1. The number of sulfonamides is 1. The molecule has 6 heteroatoms. The Morgan fingerprint density at radius 1 is 1.45 bits per heavy atom. The lowest BCUT2D eigenvalue weighted by molar-refractivity contribution is 0.127. The zero-order valence-corrected chi connectivity index (χ0v) is 11.8. The van der Waals surface area contributed by atoms with Crippen LogP contribution in [0.1, 0.15) is 18.4 Å². The molecular weight excluding hydrogens is 278 g/mol. The van der Waals surface area contributed by atoms with Crippen molar-refractivity contribution in [2.45, 2.75) is 18.9 Å². The lowest BCUT2D eigenvalue weighted by Crippen LogP contribution is -2.25. The quantitative estimate of drug-likeness (QED) is 0.811. The molecule has 1 fully saturated rings. The molecule has 1 aliphatic rings. The first-order valence-electron chi connectivity index (χ1n) is 6.41. The van der Waals surface area contributed by atoms with Crippen molar-refractivity contribution >= 4 is 15.7 Å². The molecule has 0 bridgehead atoms. The van der Waals surface area contributed by atoms with Gasteiger partial charge in [0.25, 0.3) is 0 Å². The molecular formula is C14H17NO4S. The molecule has 1 aromatic rings. The summed E-state index contributed by atoms with van der Waals surface area (Å²) in [5.74, 6) is 5.23. The van der Waals surface area contributed by atoms with Gasteiger partial charge in [-0.15, -0.1) is 0 Å². The fraction of sp³-hybridized carbons (Fsp3) is 0.429. The van der Waals surface area contributed by atoms with E-state index >= 15 is 0 Å². The number of aliphatic hydroxyl groups is 1. The number of ether oxygens (including phenoxy) is 1. The maximum Gasteiger partial charge on any atom is 0.235 e. The molecule has 0 aliphatic carbocycles. The van der Waals surface area contributed by atoms with Crippen molar-refractivity contribution in [3.8, 4) is 11.8 Å². The summed E-state index contributed by atoms with van der Waals surface area (Å²) in [6.45, 7) is 0.404. The SMILES string of the molecule is O=S(=O)(CC1CCCO1)Nc1cccc(C#CCO)c1. The van der Waals surface area contributed by atoms with Crippen LogP contribution in [0.5, 0.6) is 0 Å². The van der Waals surface area contributed by atoms with Crippen LogP contribution in [0.25, 0.3) is 0 Å². The summed E-state index contributed by atoms with van der Waals surface area (Å²) in [6, 6.07) is 6.76. The van der Waals surface area contributed by atoms with E-state index in [-0.39, 0.29) is 18.5 Å². The number of anilines is 1. The van der Waals surface area contributed by atoms with Crippen LogP contribution < -0.4 is 4.72 Å². The van der Waals surface area contributed by atoms with Crippen LogP contribution in [0.2, 0.25) is 0 Å². The third kappa shape index (κ3) is 4.53. The van der Waals surface area contributed by atoms with E-state index in [9.17, 15) is 8.42 Å². The second-order valence-corrected chi connectivity index (χ2v) is 6.33. The molecule has 1 aliphatic heterocycles. The maximum absolute atomic E-state index is 12.0. The fourth-order valence-electron chi connectivity index (χ4n) is 2.04. The van der Waals surface area contributed by atoms with Gasteiger partial charge in [-0.25, -0.2) is 8.42 Å². The van der Waals surface area contributed by atoms with E-state index in [1.807, 2.05) is 0 Å². The van der Waals surface area contributed by atoms with Crippen LogP contribution in [0.4, 0.5) is 5.69 Å². The first-order chi connectivity index (χ1) is 9.59. The van der Waals surface area contributed by atoms with E-state index in [0.29, 0.717) is 17.9 Å². The minimum absolute atomic E-state index is 0.0282. The molecule has 0 radical (unpaired) electrons. The van der Waals surface area contributed by atoms with Gasteiger partial charge < -0.3 is 9.84 Å². The highest BCUT2D eigenvalue weighted by atomic mass is 32.2. The Bertz CT molecular complexity index is 610. The molecule has 1 aromatic carbocycles. The topological polar surface area (TPSA) is 75.6 Å². The number of rotatable bonds is 4. The van der Waals surface area contributed by atoms with Crippen molar-refractivity contribution in [3.63, 3.8) is 0 Å². The van der Waals surface area contributed by atoms with Crippen LogP contribution in [0, 0.1) is 11.8 Å². The number of hydrogen-bond acceptors (Lipinski definition) is 4. The number of nitrogens with one attached hydrogen (secondary N) is 1. The zero-order valence-electron chi connectivity index (χ0n) is 11.0. The Hall–Kier alpha value is -1.55. The average molecular weight is 295 g/mol. The van der Waals surface area contributed by atoms with Gasteiger partial charge in [-0.2, -0.15) is 0 Å². The van der Waals surface area contributed by atoms with Crippen molar-refractivity contribution < 1.29 is 18.3 Å². The molecule has 5 nitrogen and oxygen atoms in total. The van der Waals surface area contributed by atoms with Crippen LogP contribution in [-0.2, 0) is 14.8 Å². The molecule has 1 atom stereocenters. The smallest absolute Gasteiger partial charge is 0.235 e. The van der Waals surface area contributed by atoms with Gasteiger partial charge in [0, 0.05) is 17.9 Å². The number of aliphatic hydroxyl groups excluding tert-OH is 1. The maximum atomic E-state index is 12.0. The lowest BCUT2D eigenvalue weighted by Gasteiger charge is -2.12. The van der Waals surface area contributed by atoms with Crippen LogP contribution in [0.15, 0.2) is 24.3 Å². The molecule has 1 saturated heterocycles. The molecule has 0 spiro atoms. The molecule has 2 rings (SSSR count). The molecule has 1 unspecified atom stereocenters. The second-order valence-electron chi connectivity index (χ2n) is 4.56. The van der Waals surface area contributed by atoms with E-state index in [0.717, 1.165) is 12.8 Å². The van der Waals surface area contributed by atoms with Crippen molar-refractivity contribution in [2.75, 3.05) is 23.7 Å². The van der Waals surface area contributed by atoms with Gasteiger partial charge in [0.2, 0.25) is 10.0 Å². The summed E-state index contributed by atoms with van der Waals surface area (Å²) in [5, 5.41) is 8.64. The summed E-state index contributed by atoms with van der Waals surface area (Å²) >= 11 is 0. The van der Waals surface area contributed by atoms with E-state index in [2.05, 4.69) is 16.6 Å². The van der Waals surface area contributed by atoms with Gasteiger partial charge in [-0.05, 0) is 31.0 Å². The van der Waals surface area contributed by atoms with Crippen LogP contribution >= 0.6 is 0 Å². The monoisotopic (exact) mass is 295 g/mol. The predicted molar refractivity (Wildman–Crippen MR) is 76.8 cm³/mol. The summed E-state index contributed by atoms with van der Waals surface area (Å²) in [4.78, 5) is 0. The molecule has 0 amide bonds. The van der Waals surface area contributed by atoms with E-state index in [1.165, 1.54) is 0 Å². The predicted octanol–water partition coefficient (Wildman–Crippen LogP) is 0.951. The molecule has 108 valence electrons. The first-order valence-corrected chi connectivity index (χ1v) is 8.06. The Morgan fingerprint density at radius 2 is 2.30 bits per heavy atom. The standard InChI is InChI=1S/C14H17NO4S/c16-8-2-5-12-4-1-6-13(10-12)15-20(17,18)11-14-7-3-9-19-14/h1,4,6,10,14-16H,3,7-9,11H2. The second kappa shape index (κ2) is 6.75. The average Bonchev–Trinajstić information content (AvgIpc) is 2.88. The first kappa shape index (κ1) is 14.9. The van der Waals surface area contributed by atoms with Crippen LogP contribution in [0.3, 0.4) is 0 Å². The Morgan fingerprint density at radius 3 is 3.00 bits per heavy atom. The van der Waals surface area contributed by atoms with Crippen molar-refractivity contribution in [1.82, 2.24) is 0 Å². The van der Waals surface area contributed by atoms with Crippen molar-refractivity contribution in [1.29, 1.82) is 0 Å². The summed E-state index contributed by atoms with van der Waals surface area (Å²) < 4.78 is 31.9. The molecule has 20 heavy (non-hydrogen) atoms. The third-order valence-electron chi connectivity index (χ3n) is 2.88. The lowest BCUT2D eigenvalue weighted by atomic mass is 10.2. The van der Waals surface area contributed by atoms with Gasteiger partial charge in [0.1, 0.15) is 6.61 Å². The molecule has 1 heterocycles. The Labute approximate surface area is 119 Å². The highest BCUT2D eigenvalue weighted by Gasteiger charge is 2.23. The molecule has 2 N–H and O–H groups in total. The Kier molecular flexibility index (Phi) is 5.01. The summed E-state index contributed by atoms with van der Waals surface area (Å²) in [5.41, 5.74) is 1.11. The normalized spacial score (nSPS) is 18.4. The minimum Gasteiger partial charge on any atom is -0.384 e. The third-order valence-corrected chi connectivity index (χ3v) is 4.23. The zero-order chi connectivity index (χ0) is 14.4. The highest BCUT2D eigenvalue weighted by molar-refractivity contribution is 7.92. The van der Waals surface area contributed by atoms with Gasteiger partial charge in [0.05, 0.1) is 11.9 Å². The summed E-state index contributed by atoms with van der Waals surface area (Å²) in [6.07, 6.45) is 1.47. The van der Waals surface area contributed by atoms with E-state index in [1.54, 1.807) is 24.3 Å². The van der Waals surface area contributed by atoms with Gasteiger partial charge >= 0.3 is 0 Å². The Balaban J connectivity index is 2.04. The van der Waals surface area contributed by atoms with Crippen LogP contribution in [-0.4, -0.2) is 38.6 Å². The number of hydrogen-bond donors (Lipinski definition) is 2. The minimum atomic E-state index is -3.43. The molecule has 0 aromatic heterocycles. The van der Waals surface area contributed by atoms with Crippen molar-refractivity contribution in [3.05, 3.63) is 29.8 Å². The van der Waals surface area contributed by atoms with Gasteiger partial charge in [-0.3, -0.25) is 4.72 Å². The van der Waals surface area contributed by atoms with Gasteiger partial charge in [-0.1, -0.05) is 17.9 Å². The highest BCUT2D eigenvalue weighted by Crippen LogP contribution is 2.17. The summed E-state index contributed by atoms with van der Waals surface area (Å²) in [7, 11) is -3.43. The van der Waals surface area contributed by atoms with Crippen molar-refractivity contribution in [2.24, 2.45) is 0 Å². The van der Waals surface area contributed by atoms with E-state index < -0.39 is 10.0 Å². The van der Waals surface area contributed by atoms with E-state index in [4.69, 9.17) is 9.84 Å². The largest absolute Gasteiger partial charge is 0.384 e. The van der Waals surface area contributed by atoms with Gasteiger partial charge in [0.15, 0.2) is 0 Å².